The van der Waals surface area contributed by atoms with Gasteiger partial charge in [0.2, 0.25) is 0 Å². The molecule has 1 fully saturated rings. The minimum absolute atomic E-state index is 0.236. The fourth-order valence-electron chi connectivity index (χ4n) is 2.78. The molecule has 3 N–H and O–H groups in total. The highest BCUT2D eigenvalue weighted by Crippen LogP contribution is 2.44. The molecule has 0 amide bonds. The highest BCUT2D eigenvalue weighted by Gasteiger charge is 2.35. The third-order valence-electron chi connectivity index (χ3n) is 3.80. The quantitative estimate of drug-likeness (QED) is 0.879. The van der Waals surface area contributed by atoms with Crippen LogP contribution in [0.15, 0.2) is 16.6 Å². The van der Waals surface area contributed by atoms with E-state index in [0.29, 0.717) is 16.6 Å². The van der Waals surface area contributed by atoms with Crippen molar-refractivity contribution in [1.82, 2.24) is 0 Å². The van der Waals surface area contributed by atoms with Crippen LogP contribution in [-0.2, 0) is 5.41 Å². The SMILES string of the molecule is NCC1(c2cc(Br)cc(F)c2O)CCCCC1. The summed E-state index contributed by atoms with van der Waals surface area (Å²) in [6.45, 7) is 0.455. The van der Waals surface area contributed by atoms with Crippen LogP contribution in [0.4, 0.5) is 4.39 Å². The van der Waals surface area contributed by atoms with Gasteiger partial charge in [-0.1, -0.05) is 35.2 Å². The number of hydrogen-bond donors (Lipinski definition) is 2. The van der Waals surface area contributed by atoms with Gasteiger partial charge in [0.05, 0.1) is 0 Å². The van der Waals surface area contributed by atoms with Gasteiger partial charge in [-0.3, -0.25) is 0 Å². The van der Waals surface area contributed by atoms with E-state index in [2.05, 4.69) is 15.9 Å². The molecule has 0 saturated heterocycles. The van der Waals surface area contributed by atoms with E-state index in [-0.39, 0.29) is 11.2 Å². The monoisotopic (exact) mass is 301 g/mol. The van der Waals surface area contributed by atoms with E-state index in [1.807, 2.05) is 0 Å². The maximum absolute atomic E-state index is 13.6. The summed E-state index contributed by atoms with van der Waals surface area (Å²) in [7, 11) is 0. The lowest BCUT2D eigenvalue weighted by atomic mass is 9.69. The van der Waals surface area contributed by atoms with Crippen molar-refractivity contribution in [2.24, 2.45) is 5.73 Å². The Hall–Kier alpha value is -0.610. The average Bonchev–Trinajstić information content (AvgIpc) is 2.34. The first kappa shape index (κ1) is 12.8. The summed E-state index contributed by atoms with van der Waals surface area (Å²) < 4.78 is 14.2. The standard InChI is InChI=1S/C13H17BrFNO/c14-9-6-10(12(17)11(15)7-9)13(8-16)4-2-1-3-5-13/h6-7,17H,1-5,8,16H2. The fourth-order valence-corrected chi connectivity index (χ4v) is 3.21. The fraction of sp³-hybridized carbons (Fsp3) is 0.538. The van der Waals surface area contributed by atoms with Crippen molar-refractivity contribution in [3.05, 3.63) is 28.0 Å². The average molecular weight is 302 g/mol. The Labute approximate surface area is 109 Å². The van der Waals surface area contributed by atoms with Crippen molar-refractivity contribution in [2.75, 3.05) is 6.54 Å². The van der Waals surface area contributed by atoms with Gasteiger partial charge in [-0.25, -0.2) is 4.39 Å². The maximum Gasteiger partial charge on any atom is 0.166 e. The molecule has 1 aromatic rings. The molecule has 0 bridgehead atoms. The molecule has 1 aromatic carbocycles. The van der Waals surface area contributed by atoms with Crippen LogP contribution in [0.3, 0.4) is 0 Å². The first-order valence-electron chi connectivity index (χ1n) is 5.98. The summed E-state index contributed by atoms with van der Waals surface area (Å²) in [6, 6.07) is 3.09. The third kappa shape index (κ3) is 2.33. The lowest BCUT2D eigenvalue weighted by Crippen LogP contribution is -2.37. The van der Waals surface area contributed by atoms with Crippen LogP contribution >= 0.6 is 15.9 Å². The predicted molar refractivity (Wildman–Crippen MR) is 69.6 cm³/mol. The van der Waals surface area contributed by atoms with Gasteiger partial charge in [-0.05, 0) is 25.0 Å². The molecule has 1 saturated carbocycles. The molecule has 0 aliphatic heterocycles. The van der Waals surface area contributed by atoms with Gasteiger partial charge < -0.3 is 10.8 Å². The van der Waals surface area contributed by atoms with Gasteiger partial charge in [0.1, 0.15) is 0 Å². The van der Waals surface area contributed by atoms with E-state index in [1.165, 1.54) is 12.5 Å². The summed E-state index contributed by atoms with van der Waals surface area (Å²) in [6.07, 6.45) is 5.22. The van der Waals surface area contributed by atoms with Crippen molar-refractivity contribution in [3.8, 4) is 5.75 Å². The maximum atomic E-state index is 13.6. The second-order valence-corrected chi connectivity index (χ2v) is 5.74. The number of hydrogen-bond acceptors (Lipinski definition) is 2. The molecule has 94 valence electrons. The molecule has 17 heavy (non-hydrogen) atoms. The Bertz CT molecular complexity index is 416. The van der Waals surface area contributed by atoms with Gasteiger partial charge in [0.15, 0.2) is 11.6 Å². The van der Waals surface area contributed by atoms with E-state index < -0.39 is 5.82 Å². The number of nitrogens with two attached hydrogens (primary N) is 1. The topological polar surface area (TPSA) is 46.2 Å². The summed E-state index contributed by atoms with van der Waals surface area (Å²) in [5.41, 5.74) is 6.29. The largest absolute Gasteiger partial charge is 0.505 e. The van der Waals surface area contributed by atoms with Crippen LogP contribution in [0.1, 0.15) is 37.7 Å². The van der Waals surface area contributed by atoms with Crippen molar-refractivity contribution in [1.29, 1.82) is 0 Å². The third-order valence-corrected chi connectivity index (χ3v) is 4.26. The van der Waals surface area contributed by atoms with E-state index in [9.17, 15) is 9.50 Å². The molecule has 0 unspecified atom stereocenters. The minimum atomic E-state index is -0.576. The van der Waals surface area contributed by atoms with Crippen LogP contribution in [0.5, 0.6) is 5.75 Å². The molecule has 0 atom stereocenters. The summed E-state index contributed by atoms with van der Waals surface area (Å²) in [5, 5.41) is 9.92. The first-order chi connectivity index (χ1) is 8.09. The number of halogens is 2. The van der Waals surface area contributed by atoms with Gasteiger partial charge in [-0.15, -0.1) is 0 Å². The molecule has 0 spiro atoms. The van der Waals surface area contributed by atoms with Gasteiger partial charge in [-0.2, -0.15) is 0 Å². The normalized spacial score (nSPS) is 19.2. The number of benzene rings is 1. The van der Waals surface area contributed by atoms with Gasteiger partial charge >= 0.3 is 0 Å². The smallest absolute Gasteiger partial charge is 0.166 e. The zero-order valence-corrected chi connectivity index (χ0v) is 11.3. The van der Waals surface area contributed by atoms with Crippen LogP contribution in [0, 0.1) is 5.82 Å². The molecular weight excluding hydrogens is 285 g/mol. The number of aromatic hydroxyl groups is 1. The predicted octanol–water partition coefficient (Wildman–Crippen LogP) is 3.45. The highest BCUT2D eigenvalue weighted by molar-refractivity contribution is 9.10. The molecule has 1 aliphatic rings. The summed E-state index contributed by atoms with van der Waals surface area (Å²) >= 11 is 3.28. The number of rotatable bonds is 2. The van der Waals surface area contributed by atoms with Crippen molar-refractivity contribution < 1.29 is 9.50 Å². The lowest BCUT2D eigenvalue weighted by Gasteiger charge is -2.37. The van der Waals surface area contributed by atoms with E-state index in [4.69, 9.17) is 5.73 Å². The van der Waals surface area contributed by atoms with Crippen LogP contribution in [0.25, 0.3) is 0 Å². The Morgan fingerprint density at radius 1 is 1.29 bits per heavy atom. The van der Waals surface area contributed by atoms with Gasteiger partial charge in [0.25, 0.3) is 0 Å². The van der Waals surface area contributed by atoms with Crippen molar-refractivity contribution in [2.45, 2.75) is 37.5 Å². The Morgan fingerprint density at radius 3 is 2.53 bits per heavy atom. The molecule has 0 heterocycles. The van der Waals surface area contributed by atoms with Crippen LogP contribution in [-0.4, -0.2) is 11.7 Å². The van der Waals surface area contributed by atoms with E-state index in [1.54, 1.807) is 6.07 Å². The first-order valence-corrected chi connectivity index (χ1v) is 6.77. The zero-order chi connectivity index (χ0) is 12.5. The molecule has 0 radical (unpaired) electrons. The van der Waals surface area contributed by atoms with Crippen LogP contribution in [0.2, 0.25) is 0 Å². The molecule has 0 aromatic heterocycles. The Kier molecular flexibility index (Phi) is 3.73. The van der Waals surface area contributed by atoms with Crippen molar-refractivity contribution >= 4 is 15.9 Å². The molecule has 2 nitrogen and oxygen atoms in total. The van der Waals surface area contributed by atoms with E-state index in [0.717, 1.165) is 25.7 Å². The zero-order valence-electron chi connectivity index (χ0n) is 9.68. The van der Waals surface area contributed by atoms with E-state index >= 15 is 0 Å². The summed E-state index contributed by atoms with van der Waals surface area (Å²) in [4.78, 5) is 0. The molecule has 1 aliphatic carbocycles. The number of phenols is 1. The van der Waals surface area contributed by atoms with Crippen molar-refractivity contribution in [3.63, 3.8) is 0 Å². The molecular formula is C13H17BrFNO. The van der Waals surface area contributed by atoms with Gasteiger partial charge in [0, 0.05) is 22.0 Å². The Morgan fingerprint density at radius 2 is 1.94 bits per heavy atom. The second-order valence-electron chi connectivity index (χ2n) is 4.83. The molecule has 2 rings (SSSR count). The number of phenolic OH excluding ortho intramolecular Hbond substituents is 1. The highest BCUT2D eigenvalue weighted by atomic mass is 79.9. The summed E-state index contributed by atoms with van der Waals surface area (Å²) in [5.74, 6) is -0.812. The Balaban J connectivity index is 2.49. The minimum Gasteiger partial charge on any atom is -0.505 e. The van der Waals surface area contributed by atoms with Crippen LogP contribution < -0.4 is 5.73 Å². The molecule has 4 heteroatoms. The second kappa shape index (κ2) is 4.94. The lowest BCUT2D eigenvalue weighted by molar-refractivity contribution is 0.287.